The molecule has 19 heavy (non-hydrogen) atoms. The molecule has 2 aromatic rings. The van der Waals surface area contributed by atoms with Crippen LogP contribution in [0.3, 0.4) is 0 Å². The predicted octanol–water partition coefficient (Wildman–Crippen LogP) is 3.83. The molecule has 0 fully saturated rings. The van der Waals surface area contributed by atoms with Crippen LogP contribution >= 0.6 is 27.3 Å². The number of halogens is 1. The highest BCUT2D eigenvalue weighted by Gasteiger charge is 2.13. The molecule has 1 atom stereocenters. The van der Waals surface area contributed by atoms with E-state index in [1.165, 1.54) is 15.7 Å². The zero-order valence-electron chi connectivity index (χ0n) is 11.3. The quantitative estimate of drug-likeness (QED) is 0.865. The summed E-state index contributed by atoms with van der Waals surface area (Å²) < 4.78 is 1.20. The first kappa shape index (κ1) is 14.7. The summed E-state index contributed by atoms with van der Waals surface area (Å²) in [6.07, 6.45) is 2.10. The second-order valence-corrected chi connectivity index (χ2v) is 6.70. The highest BCUT2D eigenvalue weighted by Crippen LogP contribution is 2.22. The van der Waals surface area contributed by atoms with E-state index in [0.717, 1.165) is 24.4 Å². The summed E-state index contributed by atoms with van der Waals surface area (Å²) in [5.74, 6) is 0.574. The molecule has 1 heterocycles. The van der Waals surface area contributed by atoms with Gasteiger partial charge in [0.2, 0.25) is 0 Å². The maximum atomic E-state index is 4.58. The van der Waals surface area contributed by atoms with Crippen LogP contribution in [0.1, 0.15) is 16.3 Å². The number of benzene rings is 1. The Kier molecular flexibility index (Phi) is 5.55. The smallest absolute Gasteiger partial charge is 0.0897 e. The Balaban J connectivity index is 2.06. The number of hydrogen-bond donors (Lipinski definition) is 1. The number of thiazole rings is 1. The van der Waals surface area contributed by atoms with Crippen LogP contribution in [-0.2, 0) is 12.8 Å². The third kappa shape index (κ3) is 4.41. The van der Waals surface area contributed by atoms with Gasteiger partial charge in [-0.1, -0.05) is 34.1 Å². The van der Waals surface area contributed by atoms with E-state index in [4.69, 9.17) is 0 Å². The molecule has 0 radical (unpaired) electrons. The second-order valence-electron chi connectivity index (χ2n) is 4.78. The van der Waals surface area contributed by atoms with Crippen molar-refractivity contribution in [1.29, 1.82) is 0 Å². The van der Waals surface area contributed by atoms with Gasteiger partial charge < -0.3 is 5.32 Å². The van der Waals surface area contributed by atoms with Gasteiger partial charge in [-0.3, -0.25) is 0 Å². The van der Waals surface area contributed by atoms with E-state index in [9.17, 15) is 0 Å². The molecule has 2 rings (SSSR count). The lowest BCUT2D eigenvalue weighted by atomic mass is 9.95. The van der Waals surface area contributed by atoms with Gasteiger partial charge in [0, 0.05) is 9.85 Å². The molecule has 1 unspecified atom stereocenters. The lowest BCUT2D eigenvalue weighted by Crippen LogP contribution is -2.23. The molecule has 0 saturated heterocycles. The average molecular weight is 339 g/mol. The van der Waals surface area contributed by atoms with Crippen molar-refractivity contribution >= 4 is 27.3 Å². The van der Waals surface area contributed by atoms with Crippen molar-refractivity contribution in [3.05, 3.63) is 50.4 Å². The van der Waals surface area contributed by atoms with Crippen molar-refractivity contribution in [3.8, 4) is 0 Å². The Hall–Kier alpha value is -0.710. The maximum Gasteiger partial charge on any atom is 0.0897 e. The molecule has 0 amide bonds. The molecule has 0 spiro atoms. The molecular weight excluding hydrogens is 320 g/mol. The van der Waals surface area contributed by atoms with Crippen molar-refractivity contribution in [2.45, 2.75) is 19.8 Å². The van der Waals surface area contributed by atoms with Crippen LogP contribution < -0.4 is 5.32 Å². The fourth-order valence-corrected chi connectivity index (χ4v) is 3.35. The molecular formula is C15H19BrN2S. The van der Waals surface area contributed by atoms with E-state index >= 15 is 0 Å². The minimum atomic E-state index is 0.574. The summed E-state index contributed by atoms with van der Waals surface area (Å²) in [5, 5.41) is 6.63. The van der Waals surface area contributed by atoms with Crippen LogP contribution in [0.4, 0.5) is 0 Å². The van der Waals surface area contributed by atoms with Gasteiger partial charge in [0.1, 0.15) is 0 Å². The predicted molar refractivity (Wildman–Crippen MR) is 85.8 cm³/mol. The zero-order valence-corrected chi connectivity index (χ0v) is 13.7. The van der Waals surface area contributed by atoms with Gasteiger partial charge in [0.15, 0.2) is 0 Å². The van der Waals surface area contributed by atoms with Crippen molar-refractivity contribution < 1.29 is 0 Å². The minimum absolute atomic E-state index is 0.574. The molecule has 0 bridgehead atoms. The van der Waals surface area contributed by atoms with Gasteiger partial charge in [-0.15, -0.1) is 11.3 Å². The highest BCUT2D eigenvalue weighted by molar-refractivity contribution is 9.10. The minimum Gasteiger partial charge on any atom is -0.319 e. The third-order valence-corrected chi connectivity index (χ3v) is 4.72. The molecule has 0 aliphatic rings. The SMILES string of the molecule is CNCC(Cc1csc(C)n1)Cc1ccccc1Br. The number of nitrogens with one attached hydrogen (secondary N) is 1. The van der Waals surface area contributed by atoms with E-state index < -0.39 is 0 Å². The molecule has 1 aromatic carbocycles. The Labute approximate surface area is 127 Å². The Bertz CT molecular complexity index is 524. The monoisotopic (exact) mass is 338 g/mol. The first-order valence-electron chi connectivity index (χ1n) is 6.48. The normalized spacial score (nSPS) is 12.6. The van der Waals surface area contributed by atoms with Crippen LogP contribution in [0, 0.1) is 12.8 Å². The molecule has 1 N–H and O–H groups in total. The van der Waals surface area contributed by atoms with Crippen LogP contribution in [0.2, 0.25) is 0 Å². The van der Waals surface area contributed by atoms with Crippen LogP contribution in [0.15, 0.2) is 34.1 Å². The third-order valence-electron chi connectivity index (χ3n) is 3.12. The molecule has 1 aromatic heterocycles. The molecule has 0 saturated carbocycles. The number of rotatable bonds is 6. The lowest BCUT2D eigenvalue weighted by Gasteiger charge is -2.16. The van der Waals surface area contributed by atoms with E-state index in [0.29, 0.717) is 5.92 Å². The van der Waals surface area contributed by atoms with Gasteiger partial charge in [-0.2, -0.15) is 0 Å². The Morgan fingerprint density at radius 2 is 2.11 bits per heavy atom. The largest absolute Gasteiger partial charge is 0.319 e. The molecule has 102 valence electrons. The van der Waals surface area contributed by atoms with E-state index in [-0.39, 0.29) is 0 Å². The zero-order chi connectivity index (χ0) is 13.7. The number of nitrogens with zero attached hydrogens (tertiary/aromatic N) is 1. The number of aryl methyl sites for hydroxylation is 1. The molecule has 2 nitrogen and oxygen atoms in total. The van der Waals surface area contributed by atoms with Crippen molar-refractivity contribution in [2.75, 3.05) is 13.6 Å². The second kappa shape index (κ2) is 7.17. The van der Waals surface area contributed by atoms with Gasteiger partial charge in [-0.05, 0) is 50.9 Å². The fourth-order valence-electron chi connectivity index (χ4n) is 2.28. The first-order valence-corrected chi connectivity index (χ1v) is 8.15. The maximum absolute atomic E-state index is 4.58. The van der Waals surface area contributed by atoms with Crippen LogP contribution in [0.25, 0.3) is 0 Å². The molecule has 0 aliphatic heterocycles. The molecule has 0 aliphatic carbocycles. The van der Waals surface area contributed by atoms with Crippen molar-refractivity contribution in [2.24, 2.45) is 5.92 Å². The van der Waals surface area contributed by atoms with Crippen molar-refractivity contribution in [1.82, 2.24) is 10.3 Å². The van der Waals surface area contributed by atoms with E-state index in [1.54, 1.807) is 11.3 Å². The number of aromatic nitrogens is 1. The van der Waals surface area contributed by atoms with E-state index in [1.807, 2.05) is 7.05 Å². The fraction of sp³-hybridized carbons (Fsp3) is 0.400. The number of hydrogen-bond acceptors (Lipinski definition) is 3. The van der Waals surface area contributed by atoms with Crippen molar-refractivity contribution in [3.63, 3.8) is 0 Å². The van der Waals surface area contributed by atoms with E-state index in [2.05, 4.69) is 62.8 Å². The summed E-state index contributed by atoms with van der Waals surface area (Å²) >= 11 is 5.36. The van der Waals surface area contributed by atoms with Crippen LogP contribution in [0.5, 0.6) is 0 Å². The molecule has 4 heteroatoms. The lowest BCUT2D eigenvalue weighted by molar-refractivity contribution is 0.488. The summed E-state index contributed by atoms with van der Waals surface area (Å²) in [6.45, 7) is 3.08. The summed E-state index contributed by atoms with van der Waals surface area (Å²) in [5.41, 5.74) is 2.59. The highest BCUT2D eigenvalue weighted by atomic mass is 79.9. The van der Waals surface area contributed by atoms with Gasteiger partial charge in [0.25, 0.3) is 0 Å². The van der Waals surface area contributed by atoms with Crippen LogP contribution in [-0.4, -0.2) is 18.6 Å². The topological polar surface area (TPSA) is 24.9 Å². The summed E-state index contributed by atoms with van der Waals surface area (Å²) in [6, 6.07) is 8.46. The average Bonchev–Trinajstić information content (AvgIpc) is 2.78. The van der Waals surface area contributed by atoms with Gasteiger partial charge >= 0.3 is 0 Å². The van der Waals surface area contributed by atoms with Gasteiger partial charge in [0.05, 0.1) is 10.7 Å². The Morgan fingerprint density at radius 1 is 1.32 bits per heavy atom. The van der Waals surface area contributed by atoms with Gasteiger partial charge in [-0.25, -0.2) is 4.98 Å². The summed E-state index contributed by atoms with van der Waals surface area (Å²) in [7, 11) is 2.01. The summed E-state index contributed by atoms with van der Waals surface area (Å²) in [4.78, 5) is 4.58. The standard InChI is InChI=1S/C15H19BrN2S/c1-11-18-14(10-19-11)8-12(9-17-2)7-13-5-3-4-6-15(13)16/h3-6,10,12,17H,7-9H2,1-2H3. The first-order chi connectivity index (χ1) is 9.19. The Morgan fingerprint density at radius 3 is 2.74 bits per heavy atom.